The van der Waals surface area contributed by atoms with Crippen LogP contribution < -0.4 is 5.32 Å². The molecular formula is C17H27NO2. The molecule has 0 spiro atoms. The van der Waals surface area contributed by atoms with Crippen LogP contribution in [0, 0.1) is 0 Å². The topological polar surface area (TPSA) is 30.5 Å². The minimum Gasteiger partial charge on any atom is -0.382 e. The average molecular weight is 277 g/mol. The molecule has 0 fully saturated rings. The summed E-state index contributed by atoms with van der Waals surface area (Å²) < 4.78 is 10.4. The lowest BCUT2D eigenvalue weighted by atomic mass is 9.83. The van der Waals surface area contributed by atoms with Gasteiger partial charge in [0.05, 0.1) is 13.2 Å². The normalized spacial score (nSPS) is 17.9. The summed E-state index contributed by atoms with van der Waals surface area (Å²) in [5.74, 6) is 0.689. The first-order chi connectivity index (χ1) is 9.92. The summed E-state index contributed by atoms with van der Waals surface area (Å²) >= 11 is 0. The van der Waals surface area contributed by atoms with E-state index in [2.05, 4.69) is 29.6 Å². The van der Waals surface area contributed by atoms with Crippen molar-refractivity contribution in [3.63, 3.8) is 0 Å². The van der Waals surface area contributed by atoms with Crippen molar-refractivity contribution in [2.24, 2.45) is 0 Å². The van der Waals surface area contributed by atoms with Gasteiger partial charge in [-0.05, 0) is 49.3 Å². The molecule has 2 rings (SSSR count). The van der Waals surface area contributed by atoms with Gasteiger partial charge < -0.3 is 14.8 Å². The summed E-state index contributed by atoms with van der Waals surface area (Å²) in [6.07, 6.45) is 4.95. The second-order valence-electron chi connectivity index (χ2n) is 5.45. The van der Waals surface area contributed by atoms with Crippen LogP contribution >= 0.6 is 0 Å². The van der Waals surface area contributed by atoms with Gasteiger partial charge in [-0.25, -0.2) is 0 Å². The second kappa shape index (κ2) is 9.11. The number of methoxy groups -OCH3 is 1. The number of benzene rings is 1. The Kier molecular flexibility index (Phi) is 7.06. The third kappa shape index (κ3) is 4.89. The van der Waals surface area contributed by atoms with Gasteiger partial charge >= 0.3 is 0 Å². The quantitative estimate of drug-likeness (QED) is 0.704. The molecule has 20 heavy (non-hydrogen) atoms. The number of ether oxygens (including phenoxy) is 2. The van der Waals surface area contributed by atoms with Crippen LogP contribution in [-0.2, 0) is 15.9 Å². The van der Waals surface area contributed by atoms with Crippen LogP contribution in [0.15, 0.2) is 24.3 Å². The third-order valence-corrected chi connectivity index (χ3v) is 3.96. The molecule has 1 aromatic carbocycles. The van der Waals surface area contributed by atoms with Gasteiger partial charge in [-0.15, -0.1) is 0 Å². The van der Waals surface area contributed by atoms with Crippen LogP contribution in [0.2, 0.25) is 0 Å². The van der Waals surface area contributed by atoms with E-state index >= 15 is 0 Å². The van der Waals surface area contributed by atoms with E-state index in [1.54, 1.807) is 18.2 Å². The van der Waals surface area contributed by atoms with E-state index in [9.17, 15) is 0 Å². The average Bonchev–Trinajstić information content (AvgIpc) is 2.50. The second-order valence-corrected chi connectivity index (χ2v) is 5.45. The molecule has 1 unspecified atom stereocenters. The van der Waals surface area contributed by atoms with E-state index in [0.29, 0.717) is 19.1 Å². The van der Waals surface area contributed by atoms with Crippen LogP contribution in [0.1, 0.15) is 36.3 Å². The summed E-state index contributed by atoms with van der Waals surface area (Å²) in [6, 6.07) is 8.91. The lowest BCUT2D eigenvalue weighted by Gasteiger charge is -2.25. The van der Waals surface area contributed by atoms with Gasteiger partial charge in [-0.2, -0.15) is 0 Å². The molecule has 0 saturated heterocycles. The first-order valence-electron chi connectivity index (χ1n) is 7.77. The fraction of sp³-hybridized carbons (Fsp3) is 0.647. The van der Waals surface area contributed by atoms with E-state index in [0.717, 1.165) is 26.1 Å². The van der Waals surface area contributed by atoms with Crippen LogP contribution in [0.3, 0.4) is 0 Å². The summed E-state index contributed by atoms with van der Waals surface area (Å²) in [4.78, 5) is 0. The Bertz CT molecular complexity index is 381. The zero-order chi connectivity index (χ0) is 14.0. The van der Waals surface area contributed by atoms with Gasteiger partial charge in [-0.1, -0.05) is 24.3 Å². The molecule has 1 aliphatic rings. The molecule has 0 saturated carbocycles. The first-order valence-corrected chi connectivity index (χ1v) is 7.77. The highest BCUT2D eigenvalue weighted by Gasteiger charge is 2.18. The Labute approximate surface area is 122 Å². The summed E-state index contributed by atoms with van der Waals surface area (Å²) in [7, 11) is 1.70. The predicted molar refractivity (Wildman–Crippen MR) is 82.3 cm³/mol. The number of hydrogen-bond acceptors (Lipinski definition) is 3. The van der Waals surface area contributed by atoms with Crippen molar-refractivity contribution >= 4 is 0 Å². The summed E-state index contributed by atoms with van der Waals surface area (Å²) in [6.45, 7) is 4.33. The molecule has 1 aliphatic carbocycles. The third-order valence-electron chi connectivity index (χ3n) is 3.96. The molecule has 0 aromatic heterocycles. The van der Waals surface area contributed by atoms with E-state index in [1.165, 1.54) is 19.3 Å². The molecular weight excluding hydrogens is 250 g/mol. The molecule has 0 bridgehead atoms. The molecule has 112 valence electrons. The number of fused-ring (bicyclic) bond motifs is 1. The SMILES string of the molecule is COCCOCCCNCC1CCCc2ccccc21. The Morgan fingerprint density at radius 1 is 1.20 bits per heavy atom. The maximum Gasteiger partial charge on any atom is 0.0700 e. The van der Waals surface area contributed by atoms with Crippen LogP contribution in [0.25, 0.3) is 0 Å². The highest BCUT2D eigenvalue weighted by atomic mass is 16.5. The van der Waals surface area contributed by atoms with Crippen LogP contribution in [-0.4, -0.2) is 40.0 Å². The molecule has 0 amide bonds. The van der Waals surface area contributed by atoms with Crippen molar-refractivity contribution in [1.82, 2.24) is 5.32 Å². The molecule has 0 aliphatic heterocycles. The minimum absolute atomic E-state index is 0.687. The molecule has 0 radical (unpaired) electrons. The summed E-state index contributed by atoms with van der Waals surface area (Å²) in [5.41, 5.74) is 3.11. The van der Waals surface area contributed by atoms with Gasteiger partial charge in [0, 0.05) is 20.3 Å². The first kappa shape index (κ1) is 15.5. The van der Waals surface area contributed by atoms with Crippen molar-refractivity contribution in [3.05, 3.63) is 35.4 Å². The van der Waals surface area contributed by atoms with Gasteiger partial charge in [0.25, 0.3) is 0 Å². The predicted octanol–water partition coefficient (Wildman–Crippen LogP) is 2.75. The lowest BCUT2D eigenvalue weighted by molar-refractivity contribution is 0.0694. The van der Waals surface area contributed by atoms with Gasteiger partial charge in [0.2, 0.25) is 0 Å². The van der Waals surface area contributed by atoms with Crippen molar-refractivity contribution < 1.29 is 9.47 Å². The van der Waals surface area contributed by atoms with Gasteiger partial charge in [-0.3, -0.25) is 0 Å². The van der Waals surface area contributed by atoms with E-state index < -0.39 is 0 Å². The smallest absolute Gasteiger partial charge is 0.0700 e. The maximum absolute atomic E-state index is 5.46. The molecule has 1 atom stereocenters. The van der Waals surface area contributed by atoms with Crippen molar-refractivity contribution in [1.29, 1.82) is 0 Å². The molecule has 0 heterocycles. The van der Waals surface area contributed by atoms with Gasteiger partial charge in [0.1, 0.15) is 0 Å². The standard InChI is InChI=1S/C17H27NO2/c1-19-12-13-20-11-5-10-18-14-16-8-4-7-15-6-2-3-9-17(15)16/h2-3,6,9,16,18H,4-5,7-8,10-14H2,1H3. The fourth-order valence-electron chi connectivity index (χ4n) is 2.89. The van der Waals surface area contributed by atoms with Crippen molar-refractivity contribution in [3.8, 4) is 0 Å². The maximum atomic E-state index is 5.46. The molecule has 3 heteroatoms. The van der Waals surface area contributed by atoms with Crippen LogP contribution in [0.4, 0.5) is 0 Å². The highest BCUT2D eigenvalue weighted by molar-refractivity contribution is 5.32. The zero-order valence-corrected chi connectivity index (χ0v) is 12.6. The number of rotatable bonds is 9. The Hall–Kier alpha value is -0.900. The molecule has 3 nitrogen and oxygen atoms in total. The van der Waals surface area contributed by atoms with E-state index in [1.807, 2.05) is 0 Å². The van der Waals surface area contributed by atoms with Crippen molar-refractivity contribution in [2.45, 2.75) is 31.6 Å². The monoisotopic (exact) mass is 277 g/mol. The van der Waals surface area contributed by atoms with Crippen molar-refractivity contribution in [2.75, 3.05) is 40.0 Å². The molecule has 1 aromatic rings. The number of hydrogen-bond donors (Lipinski definition) is 1. The Morgan fingerprint density at radius 3 is 3.00 bits per heavy atom. The lowest BCUT2D eigenvalue weighted by Crippen LogP contribution is -2.26. The highest BCUT2D eigenvalue weighted by Crippen LogP contribution is 2.30. The Morgan fingerprint density at radius 2 is 2.10 bits per heavy atom. The zero-order valence-electron chi connectivity index (χ0n) is 12.6. The fourth-order valence-corrected chi connectivity index (χ4v) is 2.89. The van der Waals surface area contributed by atoms with Gasteiger partial charge in [0.15, 0.2) is 0 Å². The molecule has 1 N–H and O–H groups in total. The summed E-state index contributed by atoms with van der Waals surface area (Å²) in [5, 5.41) is 3.58. The largest absolute Gasteiger partial charge is 0.382 e. The van der Waals surface area contributed by atoms with Crippen LogP contribution in [0.5, 0.6) is 0 Å². The van der Waals surface area contributed by atoms with E-state index in [-0.39, 0.29) is 0 Å². The van der Waals surface area contributed by atoms with E-state index in [4.69, 9.17) is 9.47 Å². The number of nitrogens with one attached hydrogen (secondary N) is 1. The minimum atomic E-state index is 0.687. The number of aryl methyl sites for hydroxylation is 1. The Balaban J connectivity index is 1.61.